The number of thioether (sulfide) groups is 1. The van der Waals surface area contributed by atoms with Crippen molar-refractivity contribution in [3.05, 3.63) is 92.6 Å². The summed E-state index contributed by atoms with van der Waals surface area (Å²) in [4.78, 5) is 31.3. The van der Waals surface area contributed by atoms with Gasteiger partial charge in [-0.15, -0.1) is 0 Å². The van der Waals surface area contributed by atoms with Crippen molar-refractivity contribution in [3.8, 4) is 22.8 Å². The zero-order valence-corrected chi connectivity index (χ0v) is 24.9. The molecule has 0 aliphatic heterocycles. The van der Waals surface area contributed by atoms with Crippen molar-refractivity contribution >= 4 is 23.4 Å². The minimum absolute atomic E-state index is 0.0820. The molecular formula is C31H30ClF2N5O2S. The molecule has 0 radical (unpaired) electrons. The van der Waals surface area contributed by atoms with Crippen molar-refractivity contribution in [1.29, 1.82) is 0 Å². The van der Waals surface area contributed by atoms with Gasteiger partial charge in [-0.05, 0) is 70.1 Å². The number of rotatable bonds is 8. The van der Waals surface area contributed by atoms with Crippen LogP contribution in [0.2, 0.25) is 5.02 Å². The number of nitrogens with zero attached hydrogens (tertiary/aromatic N) is 5. The third-order valence-electron chi connectivity index (χ3n) is 7.75. The maximum absolute atomic E-state index is 14.0. The third-order valence-corrected chi connectivity index (χ3v) is 9.81. The van der Waals surface area contributed by atoms with Gasteiger partial charge in [-0.1, -0.05) is 11.6 Å². The molecule has 0 aromatic carbocycles. The molecule has 2 aliphatic carbocycles. The van der Waals surface area contributed by atoms with Gasteiger partial charge in [0.15, 0.2) is 5.82 Å². The molecule has 4 aromatic heterocycles. The second kappa shape index (κ2) is 12.1. The third kappa shape index (κ3) is 6.20. The van der Waals surface area contributed by atoms with Crippen molar-refractivity contribution in [2.75, 3.05) is 0 Å². The predicted octanol–water partition coefficient (Wildman–Crippen LogP) is 7.13. The number of hydrogen-bond acceptors (Lipinski definition) is 7. The van der Waals surface area contributed by atoms with E-state index >= 15 is 0 Å². The van der Waals surface area contributed by atoms with Gasteiger partial charge < -0.3 is 4.74 Å². The van der Waals surface area contributed by atoms with Crippen molar-refractivity contribution < 1.29 is 13.5 Å². The van der Waals surface area contributed by atoms with Crippen LogP contribution in [0.1, 0.15) is 67.2 Å². The minimum Gasteiger partial charge on any atom is -0.485 e. The Balaban J connectivity index is 1.24. The lowest BCUT2D eigenvalue weighted by molar-refractivity contribution is 0.292. The first-order valence-electron chi connectivity index (χ1n) is 14.1. The molecule has 0 saturated heterocycles. The van der Waals surface area contributed by atoms with Crippen molar-refractivity contribution in [1.82, 2.24) is 24.5 Å². The highest BCUT2D eigenvalue weighted by Gasteiger charge is 2.30. The molecule has 0 unspecified atom stereocenters. The summed E-state index contributed by atoms with van der Waals surface area (Å²) in [7, 11) is 0. The van der Waals surface area contributed by atoms with E-state index in [1.165, 1.54) is 30.3 Å². The number of halogens is 3. The maximum atomic E-state index is 14.0. The Kier molecular flexibility index (Phi) is 8.27. The summed E-state index contributed by atoms with van der Waals surface area (Å²) >= 11 is 8.60. The highest BCUT2D eigenvalue weighted by atomic mass is 35.5. The van der Waals surface area contributed by atoms with E-state index in [4.69, 9.17) is 21.3 Å². The summed E-state index contributed by atoms with van der Waals surface area (Å²) in [6, 6.07) is 5.99. The average Bonchev–Trinajstić information content (AvgIpc) is 3.80. The van der Waals surface area contributed by atoms with Crippen LogP contribution in [0, 0.1) is 25.5 Å². The topological polar surface area (TPSA) is 82.8 Å². The second-order valence-corrected chi connectivity index (χ2v) is 12.9. The first-order chi connectivity index (χ1) is 20.3. The molecule has 0 spiro atoms. The van der Waals surface area contributed by atoms with Gasteiger partial charge in [-0.3, -0.25) is 19.3 Å². The Morgan fingerprint density at radius 2 is 1.71 bits per heavy atom. The average molecular weight is 610 g/mol. The van der Waals surface area contributed by atoms with E-state index in [0.29, 0.717) is 28.7 Å². The fourth-order valence-corrected chi connectivity index (χ4v) is 7.01. The van der Waals surface area contributed by atoms with Gasteiger partial charge in [0.25, 0.3) is 5.56 Å². The molecule has 6 rings (SSSR count). The number of ether oxygens (including phenoxy) is 1. The number of aryl methyl sites for hydroxylation is 2. The highest BCUT2D eigenvalue weighted by molar-refractivity contribution is 8.00. The molecule has 0 amide bonds. The first kappa shape index (κ1) is 28.7. The molecule has 42 heavy (non-hydrogen) atoms. The van der Waals surface area contributed by atoms with Crippen LogP contribution in [0.3, 0.4) is 0 Å². The molecule has 0 N–H and O–H groups in total. The zero-order valence-electron chi connectivity index (χ0n) is 23.3. The lowest BCUT2D eigenvalue weighted by atomic mass is 9.88. The van der Waals surface area contributed by atoms with Crippen LogP contribution in [0.5, 0.6) is 5.75 Å². The summed E-state index contributed by atoms with van der Waals surface area (Å²) in [6.07, 6.45) is 11.7. The summed E-state index contributed by atoms with van der Waals surface area (Å²) in [6.45, 7) is 3.30. The molecule has 2 fully saturated rings. The minimum atomic E-state index is -0.843. The SMILES string of the molecule is Cc1cnc(-c2ccnc(C3CCC(SC4CC4)CC3)n2)cc1-n1c(C)cc(OCc2ncc(F)cc2F)c(Cl)c1=O. The number of aromatic nitrogens is 5. The van der Waals surface area contributed by atoms with Crippen molar-refractivity contribution in [2.24, 2.45) is 0 Å². The van der Waals surface area contributed by atoms with Crippen molar-refractivity contribution in [2.45, 2.75) is 75.4 Å². The molecule has 7 nitrogen and oxygen atoms in total. The zero-order chi connectivity index (χ0) is 29.4. The molecule has 0 atom stereocenters. The number of hydrogen-bond donors (Lipinski definition) is 0. The van der Waals surface area contributed by atoms with Gasteiger partial charge in [0.2, 0.25) is 0 Å². The molecule has 2 saturated carbocycles. The molecule has 2 aliphatic rings. The Morgan fingerprint density at radius 3 is 2.43 bits per heavy atom. The van der Waals surface area contributed by atoms with E-state index in [1.807, 2.05) is 19.1 Å². The predicted molar refractivity (Wildman–Crippen MR) is 159 cm³/mol. The Hall–Kier alpha value is -3.37. The Morgan fingerprint density at radius 1 is 0.976 bits per heavy atom. The monoisotopic (exact) mass is 609 g/mol. The van der Waals surface area contributed by atoms with Crippen LogP contribution in [0.4, 0.5) is 8.78 Å². The van der Waals surface area contributed by atoms with Crippen LogP contribution < -0.4 is 10.3 Å². The van der Waals surface area contributed by atoms with E-state index in [2.05, 4.69) is 26.7 Å². The standard InChI is InChI=1S/C31H30ClF2N5O2S/c1-17-14-36-25(24-9-10-35-30(38-24)19-3-5-21(6-4-19)42-22-7-8-22)13-27(17)39-18(2)11-28(29(32)31(39)40)41-16-26-23(34)12-20(33)15-37-26/h9-15,19,21-22H,3-8,16H2,1-2H3. The molecule has 4 heterocycles. The Bertz CT molecular complexity index is 1690. The quantitative estimate of drug-likeness (QED) is 0.210. The molecule has 4 aromatic rings. The van der Waals surface area contributed by atoms with E-state index in [0.717, 1.165) is 47.0 Å². The summed E-state index contributed by atoms with van der Waals surface area (Å²) in [5.74, 6) is -0.372. The van der Waals surface area contributed by atoms with Crippen LogP contribution in [-0.2, 0) is 6.61 Å². The highest BCUT2D eigenvalue weighted by Crippen LogP contribution is 2.44. The van der Waals surface area contributed by atoms with Crippen LogP contribution in [0.15, 0.2) is 47.7 Å². The summed E-state index contributed by atoms with van der Waals surface area (Å²) in [5, 5.41) is 1.47. The first-order valence-corrected chi connectivity index (χ1v) is 15.4. The van der Waals surface area contributed by atoms with E-state index < -0.39 is 17.2 Å². The van der Waals surface area contributed by atoms with Crippen molar-refractivity contribution in [3.63, 3.8) is 0 Å². The van der Waals surface area contributed by atoms with Gasteiger partial charge in [0.05, 0.1) is 23.3 Å². The van der Waals surface area contributed by atoms with Gasteiger partial charge in [-0.2, -0.15) is 11.8 Å². The smallest absolute Gasteiger partial charge is 0.277 e. The lowest BCUT2D eigenvalue weighted by Crippen LogP contribution is -2.23. The molecular weight excluding hydrogens is 580 g/mol. The molecule has 11 heteroatoms. The molecule has 218 valence electrons. The molecule has 0 bridgehead atoms. The number of pyridine rings is 3. The van der Waals surface area contributed by atoms with E-state index in [-0.39, 0.29) is 23.1 Å². The van der Waals surface area contributed by atoms with Gasteiger partial charge in [0, 0.05) is 46.6 Å². The fraction of sp³-hybridized carbons (Fsp3) is 0.387. The fourth-order valence-electron chi connectivity index (χ4n) is 5.32. The van der Waals surface area contributed by atoms with E-state index in [9.17, 15) is 13.6 Å². The summed E-state index contributed by atoms with van der Waals surface area (Å²) < 4.78 is 34.3. The second-order valence-electron chi connectivity index (χ2n) is 10.9. The summed E-state index contributed by atoms with van der Waals surface area (Å²) in [5.41, 5.74) is 2.66. The van der Waals surface area contributed by atoms with Gasteiger partial charge in [-0.25, -0.2) is 18.7 Å². The van der Waals surface area contributed by atoms with Gasteiger partial charge in [0.1, 0.15) is 34.7 Å². The normalized spacial score (nSPS) is 18.7. The van der Waals surface area contributed by atoms with Crippen LogP contribution in [0.25, 0.3) is 17.1 Å². The Labute approximate surface area is 251 Å². The largest absolute Gasteiger partial charge is 0.485 e. The van der Waals surface area contributed by atoms with Gasteiger partial charge >= 0.3 is 0 Å². The van der Waals surface area contributed by atoms with Crippen LogP contribution >= 0.6 is 23.4 Å². The van der Waals surface area contributed by atoms with E-state index in [1.54, 1.807) is 25.4 Å². The lowest BCUT2D eigenvalue weighted by Gasteiger charge is -2.27. The van der Waals surface area contributed by atoms with Crippen LogP contribution in [-0.4, -0.2) is 35.0 Å². The maximum Gasteiger partial charge on any atom is 0.277 e.